The van der Waals surface area contributed by atoms with Crippen molar-refractivity contribution < 1.29 is 0 Å². The van der Waals surface area contributed by atoms with E-state index in [1.54, 1.807) is 0 Å². The highest BCUT2D eigenvalue weighted by molar-refractivity contribution is 4.62. The first-order valence-corrected chi connectivity index (χ1v) is 7.80. The Hall–Kier alpha value is -0.160. The van der Waals surface area contributed by atoms with Crippen molar-refractivity contribution in [3.63, 3.8) is 0 Å². The normalized spacial score (nSPS) is 13.4. The fourth-order valence-corrected chi connectivity index (χ4v) is 1.88. The van der Waals surface area contributed by atoms with Gasteiger partial charge in [0.25, 0.3) is 0 Å². The quantitative estimate of drug-likeness (QED) is 0.438. The van der Waals surface area contributed by atoms with Gasteiger partial charge < -0.3 is 20.9 Å². The van der Waals surface area contributed by atoms with E-state index in [0.717, 1.165) is 51.1 Å². The summed E-state index contributed by atoms with van der Waals surface area (Å²) >= 11 is 0. The minimum absolute atomic E-state index is 0.744. The maximum atomic E-state index is 3.49. The summed E-state index contributed by atoms with van der Waals surface area (Å²) in [4.78, 5) is 2.43. The molecular weight excluding hydrogens is 236 g/mol. The van der Waals surface area contributed by atoms with Crippen LogP contribution in [0.3, 0.4) is 0 Å². The van der Waals surface area contributed by atoms with Gasteiger partial charge in [0.15, 0.2) is 0 Å². The third-order valence-corrected chi connectivity index (χ3v) is 3.27. The molecule has 4 nitrogen and oxygen atoms in total. The summed E-state index contributed by atoms with van der Waals surface area (Å²) < 4.78 is 0. The van der Waals surface area contributed by atoms with Gasteiger partial charge in [-0.05, 0) is 52.0 Å². The van der Waals surface area contributed by atoms with Crippen LogP contribution in [0, 0.1) is 11.8 Å². The number of nitrogens with zero attached hydrogens (tertiary/aromatic N) is 1. The minimum atomic E-state index is 0.744. The molecule has 0 rings (SSSR count). The molecule has 0 saturated carbocycles. The highest BCUT2D eigenvalue weighted by Crippen LogP contribution is 2.01. The molecular formula is C15H36N4. The predicted molar refractivity (Wildman–Crippen MR) is 85.8 cm³/mol. The van der Waals surface area contributed by atoms with Gasteiger partial charge in [-0.2, -0.15) is 0 Å². The average molecular weight is 272 g/mol. The molecule has 0 amide bonds. The summed E-state index contributed by atoms with van der Waals surface area (Å²) in [6.45, 7) is 14.6. The van der Waals surface area contributed by atoms with Crippen LogP contribution in [-0.4, -0.2) is 64.8 Å². The van der Waals surface area contributed by atoms with Crippen LogP contribution in [0.1, 0.15) is 27.2 Å². The van der Waals surface area contributed by atoms with Crippen LogP contribution in [0.25, 0.3) is 0 Å². The topological polar surface area (TPSA) is 39.3 Å². The van der Waals surface area contributed by atoms with Crippen molar-refractivity contribution in [1.29, 1.82) is 0 Å². The Labute approximate surface area is 120 Å². The molecule has 0 aromatic heterocycles. The molecule has 0 fully saturated rings. The third kappa shape index (κ3) is 14.1. The van der Waals surface area contributed by atoms with Gasteiger partial charge in [-0.15, -0.1) is 0 Å². The van der Waals surface area contributed by atoms with Gasteiger partial charge in [0, 0.05) is 26.2 Å². The second-order valence-corrected chi connectivity index (χ2v) is 6.10. The lowest BCUT2D eigenvalue weighted by Crippen LogP contribution is -2.33. The van der Waals surface area contributed by atoms with Crippen molar-refractivity contribution in [3.8, 4) is 0 Å². The summed E-state index contributed by atoms with van der Waals surface area (Å²) in [6, 6.07) is 0. The van der Waals surface area contributed by atoms with Crippen molar-refractivity contribution in [1.82, 2.24) is 20.9 Å². The van der Waals surface area contributed by atoms with E-state index in [2.05, 4.69) is 48.7 Å². The Balaban J connectivity index is 3.37. The predicted octanol–water partition coefficient (Wildman–Crippen LogP) is 0.999. The molecule has 0 aliphatic heterocycles. The highest BCUT2D eigenvalue weighted by Gasteiger charge is 2.04. The Morgan fingerprint density at radius 3 is 2.21 bits per heavy atom. The molecule has 0 bridgehead atoms. The summed E-state index contributed by atoms with van der Waals surface area (Å²) in [5.74, 6) is 1.50. The van der Waals surface area contributed by atoms with E-state index in [1.807, 2.05) is 7.05 Å². The molecule has 0 aromatic carbocycles. The number of nitrogens with one attached hydrogen (secondary N) is 3. The molecule has 0 aromatic rings. The smallest absolute Gasteiger partial charge is 0.0104 e. The molecule has 3 N–H and O–H groups in total. The second kappa shape index (κ2) is 12.9. The minimum Gasteiger partial charge on any atom is -0.318 e. The fourth-order valence-electron chi connectivity index (χ4n) is 1.88. The molecule has 0 aliphatic rings. The first-order chi connectivity index (χ1) is 9.06. The Morgan fingerprint density at radius 2 is 1.58 bits per heavy atom. The monoisotopic (exact) mass is 272 g/mol. The second-order valence-electron chi connectivity index (χ2n) is 6.10. The van der Waals surface area contributed by atoms with Crippen molar-refractivity contribution in [2.45, 2.75) is 27.2 Å². The van der Waals surface area contributed by atoms with Crippen molar-refractivity contribution in [2.75, 3.05) is 59.9 Å². The molecule has 1 unspecified atom stereocenters. The Bertz CT molecular complexity index is 185. The number of hydrogen-bond donors (Lipinski definition) is 3. The Kier molecular flexibility index (Phi) is 12.7. The SMILES string of the molecule is CNCCNCC(C)CCN(C)CCNCC(C)C. The fraction of sp³-hybridized carbons (Fsp3) is 1.00. The van der Waals surface area contributed by atoms with E-state index < -0.39 is 0 Å². The highest BCUT2D eigenvalue weighted by atomic mass is 15.1. The van der Waals surface area contributed by atoms with E-state index >= 15 is 0 Å². The Morgan fingerprint density at radius 1 is 0.895 bits per heavy atom. The molecule has 0 heterocycles. The maximum Gasteiger partial charge on any atom is 0.0104 e. The van der Waals surface area contributed by atoms with E-state index in [1.165, 1.54) is 13.0 Å². The van der Waals surface area contributed by atoms with Gasteiger partial charge in [-0.25, -0.2) is 0 Å². The summed E-state index contributed by atoms with van der Waals surface area (Å²) in [5, 5.41) is 10.1. The van der Waals surface area contributed by atoms with Crippen molar-refractivity contribution >= 4 is 0 Å². The lowest BCUT2D eigenvalue weighted by Gasteiger charge is -2.20. The van der Waals surface area contributed by atoms with Crippen LogP contribution >= 0.6 is 0 Å². The van der Waals surface area contributed by atoms with Gasteiger partial charge in [0.2, 0.25) is 0 Å². The molecule has 0 aliphatic carbocycles. The molecule has 116 valence electrons. The third-order valence-electron chi connectivity index (χ3n) is 3.27. The number of likely N-dealkylation sites (N-methyl/N-ethyl adjacent to an activating group) is 2. The zero-order valence-corrected chi connectivity index (χ0v) is 13.8. The molecule has 0 saturated heterocycles. The lowest BCUT2D eigenvalue weighted by atomic mass is 10.1. The number of rotatable bonds is 13. The zero-order valence-electron chi connectivity index (χ0n) is 13.8. The van der Waals surface area contributed by atoms with E-state index in [-0.39, 0.29) is 0 Å². The van der Waals surface area contributed by atoms with E-state index in [9.17, 15) is 0 Å². The van der Waals surface area contributed by atoms with Gasteiger partial charge in [0.05, 0.1) is 0 Å². The standard InChI is InChI=1S/C15H36N4/c1-14(2)12-18-9-11-19(5)10-6-15(3)13-17-8-7-16-4/h14-18H,6-13H2,1-5H3. The molecule has 19 heavy (non-hydrogen) atoms. The average Bonchev–Trinajstić information content (AvgIpc) is 2.37. The summed E-state index contributed by atoms with van der Waals surface area (Å²) in [6.07, 6.45) is 1.27. The van der Waals surface area contributed by atoms with Gasteiger partial charge in [-0.3, -0.25) is 0 Å². The van der Waals surface area contributed by atoms with Gasteiger partial charge >= 0.3 is 0 Å². The molecule has 0 spiro atoms. The van der Waals surface area contributed by atoms with Crippen molar-refractivity contribution in [2.24, 2.45) is 11.8 Å². The van der Waals surface area contributed by atoms with Crippen molar-refractivity contribution in [3.05, 3.63) is 0 Å². The zero-order chi connectivity index (χ0) is 14.5. The lowest BCUT2D eigenvalue weighted by molar-refractivity contribution is 0.299. The maximum absolute atomic E-state index is 3.49. The van der Waals surface area contributed by atoms with Crippen LogP contribution in [0.5, 0.6) is 0 Å². The first kappa shape index (κ1) is 18.8. The number of hydrogen-bond acceptors (Lipinski definition) is 4. The summed E-state index contributed by atoms with van der Waals surface area (Å²) in [5.41, 5.74) is 0. The summed E-state index contributed by atoms with van der Waals surface area (Å²) in [7, 11) is 4.21. The molecule has 0 radical (unpaired) electrons. The van der Waals surface area contributed by atoms with Crippen LogP contribution in [0.4, 0.5) is 0 Å². The van der Waals surface area contributed by atoms with Crippen LogP contribution in [0.15, 0.2) is 0 Å². The molecule has 1 atom stereocenters. The van der Waals surface area contributed by atoms with Gasteiger partial charge in [0.1, 0.15) is 0 Å². The first-order valence-electron chi connectivity index (χ1n) is 7.80. The van der Waals surface area contributed by atoms with Crippen LogP contribution in [-0.2, 0) is 0 Å². The van der Waals surface area contributed by atoms with E-state index in [0.29, 0.717) is 0 Å². The molecule has 4 heteroatoms. The van der Waals surface area contributed by atoms with Crippen LogP contribution < -0.4 is 16.0 Å². The van der Waals surface area contributed by atoms with Gasteiger partial charge in [-0.1, -0.05) is 20.8 Å². The largest absolute Gasteiger partial charge is 0.318 e. The van der Waals surface area contributed by atoms with E-state index in [4.69, 9.17) is 0 Å². The van der Waals surface area contributed by atoms with Crippen LogP contribution in [0.2, 0.25) is 0 Å².